The molecular weight excluding hydrogens is 389 g/mol. The molecule has 0 aliphatic rings. The van der Waals surface area contributed by atoms with Crippen molar-refractivity contribution in [3.63, 3.8) is 0 Å². The Bertz CT molecular complexity index is 730. The first-order chi connectivity index (χ1) is 9.50. The molecule has 2 rings (SSSR count). The number of carbonyl (C=O) groups is 1. The predicted molar refractivity (Wildman–Crippen MR) is 79.8 cm³/mol. The van der Waals surface area contributed by atoms with Gasteiger partial charge in [0.1, 0.15) is 5.56 Å². The monoisotopic (exact) mass is 405 g/mol. The summed E-state index contributed by atoms with van der Waals surface area (Å²) < 4.78 is 1.33. The van der Waals surface area contributed by atoms with Crippen molar-refractivity contribution in [1.82, 2.24) is 4.57 Å². The van der Waals surface area contributed by atoms with E-state index < -0.39 is 0 Å². The Morgan fingerprint density at radius 1 is 1.19 bits per heavy atom. The van der Waals surface area contributed by atoms with Crippen LogP contribution in [0.2, 0.25) is 0 Å². The van der Waals surface area contributed by atoms with Crippen LogP contribution in [0.4, 0.5) is 0 Å². The molecule has 0 aliphatic carbocycles. The van der Waals surface area contributed by atoms with Crippen molar-refractivity contribution in [2.75, 3.05) is 0 Å². The first kappa shape index (κ1) is 17.8. The number of aryl methyl sites for hydroxylation is 2. The fourth-order valence-electron chi connectivity index (χ4n) is 2.01. The second-order valence-corrected chi connectivity index (χ2v) is 4.71. The predicted octanol–water partition coefficient (Wildman–Crippen LogP) is 2.70. The van der Waals surface area contributed by atoms with Gasteiger partial charge in [-0.15, -0.1) is 11.1 Å². The maximum Gasteiger partial charge on any atom is 0.167 e. The maximum atomic E-state index is 12.3. The summed E-state index contributed by atoms with van der Waals surface area (Å²) in [6.45, 7) is 3.61. The van der Waals surface area contributed by atoms with Gasteiger partial charge >= 0.3 is 0 Å². The van der Waals surface area contributed by atoms with Crippen LogP contribution in [0.3, 0.4) is 0 Å². The van der Waals surface area contributed by atoms with Gasteiger partial charge in [-0.05, 0) is 24.3 Å². The number of allylic oxidation sites excluding steroid dienone is 1. The normalized spacial score (nSPS) is 10.4. The van der Waals surface area contributed by atoms with Gasteiger partial charge in [-0.3, -0.25) is 4.79 Å². The zero-order valence-corrected chi connectivity index (χ0v) is 16.0. The van der Waals surface area contributed by atoms with Gasteiger partial charge in [0.15, 0.2) is 5.78 Å². The number of pyridine rings is 1. The molecule has 4 heteroatoms. The summed E-state index contributed by atoms with van der Waals surface area (Å²) in [4.78, 5) is 24.3. The molecule has 0 spiro atoms. The quantitative estimate of drug-likeness (QED) is 0.448. The number of ketones is 1. The summed E-state index contributed by atoms with van der Waals surface area (Å²) >= 11 is 0. The number of nitrogens with zero attached hydrogens (tertiary/aromatic N) is 1. The van der Waals surface area contributed by atoms with E-state index in [4.69, 9.17) is 0 Å². The Kier molecular flexibility index (Phi) is 6.53. The molecule has 1 heterocycles. The van der Waals surface area contributed by atoms with Crippen molar-refractivity contribution in [2.24, 2.45) is 7.05 Å². The average molecular weight is 405 g/mol. The molecule has 0 bridgehead atoms. The van der Waals surface area contributed by atoms with E-state index in [2.05, 4.69) is 6.20 Å². The Morgan fingerprint density at radius 2 is 1.81 bits per heavy atom. The summed E-state index contributed by atoms with van der Waals surface area (Å²) in [6.07, 6.45) is 6.06. The van der Waals surface area contributed by atoms with Crippen molar-refractivity contribution < 1.29 is 40.4 Å². The van der Waals surface area contributed by atoms with E-state index >= 15 is 0 Å². The molecule has 0 amide bonds. The van der Waals surface area contributed by atoms with Crippen LogP contribution in [0.25, 0.3) is 6.08 Å². The summed E-state index contributed by atoms with van der Waals surface area (Å²) in [5.74, 6) is -0.274. The van der Waals surface area contributed by atoms with E-state index in [0.717, 1.165) is 11.1 Å². The van der Waals surface area contributed by atoms with Crippen LogP contribution < -0.4 is 5.56 Å². The van der Waals surface area contributed by atoms with Crippen LogP contribution in [0, 0.1) is 55.6 Å². The standard InChI is InChI=1S/C17H16NO2.La/c1-12-11-18(3)17(20)16(13(12)2)15(19)10-9-14-7-5-4-6-8-14;/h4-10H,1-3H3;/q-1;/b10-9+;. The summed E-state index contributed by atoms with van der Waals surface area (Å²) in [7, 11) is 1.60. The molecule has 3 nitrogen and oxygen atoms in total. The zero-order chi connectivity index (χ0) is 14.7. The van der Waals surface area contributed by atoms with Gasteiger partial charge in [0.2, 0.25) is 0 Å². The molecule has 21 heavy (non-hydrogen) atoms. The number of hydrogen-bond donors (Lipinski definition) is 0. The molecule has 1 aromatic carbocycles. The molecule has 105 valence electrons. The smallest absolute Gasteiger partial charge is 0.167 e. The first-order valence-corrected chi connectivity index (χ1v) is 6.37. The van der Waals surface area contributed by atoms with Gasteiger partial charge in [-0.1, -0.05) is 56.5 Å². The number of aromatic nitrogens is 1. The second-order valence-electron chi connectivity index (χ2n) is 4.71. The minimum Gasteiger partial charge on any atom is -0.426 e. The SMILES string of the molecule is Cc1[c-]n(C)c(=O)c(C(=O)/C=C/c2ccccc2)c1C.[La]. The number of benzene rings is 1. The third-order valence-electron chi connectivity index (χ3n) is 3.26. The van der Waals surface area contributed by atoms with Gasteiger partial charge < -0.3 is 9.36 Å². The summed E-state index contributed by atoms with van der Waals surface area (Å²) in [5, 5.41) is 0. The number of hydrogen-bond acceptors (Lipinski definition) is 2. The summed E-state index contributed by atoms with van der Waals surface area (Å²) in [5.41, 5.74) is 2.33. The van der Waals surface area contributed by atoms with Gasteiger partial charge in [-0.25, -0.2) is 0 Å². The van der Waals surface area contributed by atoms with E-state index in [0.29, 0.717) is 5.56 Å². The van der Waals surface area contributed by atoms with Crippen LogP contribution in [-0.2, 0) is 7.05 Å². The molecule has 0 fully saturated rings. The molecule has 2 aromatic rings. The van der Waals surface area contributed by atoms with Crippen molar-refractivity contribution in [1.29, 1.82) is 0 Å². The maximum absolute atomic E-state index is 12.3. The second kappa shape index (κ2) is 7.69. The molecule has 1 aromatic heterocycles. The fourth-order valence-corrected chi connectivity index (χ4v) is 2.01. The molecule has 1 radical (unpaired) electrons. The Balaban J connectivity index is 0.00000220. The van der Waals surface area contributed by atoms with Gasteiger partial charge in [0.05, 0.1) is 0 Å². The van der Waals surface area contributed by atoms with Gasteiger partial charge in [-0.2, -0.15) is 0 Å². The van der Waals surface area contributed by atoms with E-state index in [-0.39, 0.29) is 52.5 Å². The molecule has 0 atom stereocenters. The van der Waals surface area contributed by atoms with Crippen molar-refractivity contribution in [2.45, 2.75) is 13.8 Å². The Hall–Kier alpha value is -1.23. The molecular formula is C17H16LaNO2-. The van der Waals surface area contributed by atoms with Crippen LogP contribution in [0.5, 0.6) is 0 Å². The van der Waals surface area contributed by atoms with Crippen LogP contribution in [0.1, 0.15) is 27.0 Å². The topological polar surface area (TPSA) is 39.1 Å². The summed E-state index contributed by atoms with van der Waals surface area (Å²) in [6, 6.07) is 9.51. The first-order valence-electron chi connectivity index (χ1n) is 6.37. The van der Waals surface area contributed by atoms with E-state index in [1.807, 2.05) is 37.3 Å². The van der Waals surface area contributed by atoms with Crippen molar-refractivity contribution >= 4 is 11.9 Å². The molecule has 0 saturated carbocycles. The molecule has 0 unspecified atom stereocenters. The number of rotatable bonds is 3. The van der Waals surface area contributed by atoms with Crippen molar-refractivity contribution in [3.8, 4) is 0 Å². The van der Waals surface area contributed by atoms with E-state index in [1.165, 1.54) is 10.6 Å². The third-order valence-corrected chi connectivity index (χ3v) is 3.26. The molecule has 0 aliphatic heterocycles. The largest absolute Gasteiger partial charge is 0.426 e. The van der Waals surface area contributed by atoms with Crippen LogP contribution in [0.15, 0.2) is 41.2 Å². The van der Waals surface area contributed by atoms with Crippen LogP contribution >= 0.6 is 0 Å². The van der Waals surface area contributed by atoms with Crippen LogP contribution in [-0.4, -0.2) is 10.4 Å². The minimum atomic E-state index is -0.309. The zero-order valence-electron chi connectivity index (χ0n) is 12.4. The molecule has 0 saturated heterocycles. The third kappa shape index (κ3) is 4.13. The average Bonchev–Trinajstić information content (AvgIpc) is 2.44. The molecule has 0 N–H and O–H groups in total. The Labute approximate surface area is 152 Å². The van der Waals surface area contributed by atoms with Crippen molar-refractivity contribution in [3.05, 3.63) is 75.2 Å². The fraction of sp³-hybridized carbons (Fsp3) is 0.176. The Morgan fingerprint density at radius 3 is 2.43 bits per heavy atom. The van der Waals surface area contributed by atoms with E-state index in [9.17, 15) is 9.59 Å². The van der Waals surface area contributed by atoms with Gasteiger partial charge in [0.25, 0.3) is 0 Å². The minimum absolute atomic E-state index is 0. The number of carbonyl (C=O) groups excluding carboxylic acids is 1. The van der Waals surface area contributed by atoms with Gasteiger partial charge in [0, 0.05) is 35.6 Å². The van der Waals surface area contributed by atoms with E-state index in [1.54, 1.807) is 20.0 Å².